The Kier molecular flexibility index (Phi) is 5.58. The first-order chi connectivity index (χ1) is 12.3. The molecular formula is C19H26F3N3O. The van der Waals surface area contributed by atoms with Gasteiger partial charge in [-0.05, 0) is 44.0 Å². The van der Waals surface area contributed by atoms with Crippen LogP contribution in [0.25, 0.3) is 0 Å². The van der Waals surface area contributed by atoms with Crippen molar-refractivity contribution in [2.24, 2.45) is 11.3 Å². The third-order valence-corrected chi connectivity index (χ3v) is 5.68. The molecule has 1 aromatic rings. The van der Waals surface area contributed by atoms with Gasteiger partial charge in [-0.2, -0.15) is 13.2 Å². The van der Waals surface area contributed by atoms with Crippen LogP contribution in [0.15, 0.2) is 30.3 Å². The minimum absolute atomic E-state index is 0.125. The molecule has 4 nitrogen and oxygen atoms in total. The molecule has 0 radical (unpaired) electrons. The molecule has 2 N–H and O–H groups in total. The maximum atomic E-state index is 13.9. The number of amides is 1. The third-order valence-electron chi connectivity index (χ3n) is 5.68. The molecule has 0 aliphatic carbocycles. The lowest BCUT2D eigenvalue weighted by Gasteiger charge is -2.36. The lowest BCUT2D eigenvalue weighted by atomic mass is 9.83. The van der Waals surface area contributed by atoms with Gasteiger partial charge in [-0.15, -0.1) is 0 Å². The van der Waals surface area contributed by atoms with E-state index in [4.69, 9.17) is 0 Å². The number of carbonyl (C=O) groups excluding carboxylic acids is 1. The van der Waals surface area contributed by atoms with Gasteiger partial charge in [0.1, 0.15) is 0 Å². The molecule has 26 heavy (non-hydrogen) atoms. The second-order valence-corrected chi connectivity index (χ2v) is 7.58. The smallest absolute Gasteiger partial charge is 0.352 e. The average molecular weight is 369 g/mol. The molecule has 1 amide bonds. The number of hydrogen-bond acceptors (Lipinski definition) is 3. The topological polar surface area (TPSA) is 44.4 Å². The quantitative estimate of drug-likeness (QED) is 0.857. The molecule has 0 aromatic heterocycles. The number of benzene rings is 1. The summed E-state index contributed by atoms with van der Waals surface area (Å²) in [4.78, 5) is 14.5. The third kappa shape index (κ3) is 3.88. The van der Waals surface area contributed by atoms with E-state index in [0.29, 0.717) is 26.1 Å². The van der Waals surface area contributed by atoms with Crippen LogP contribution in [0.4, 0.5) is 13.2 Å². The summed E-state index contributed by atoms with van der Waals surface area (Å²) in [5, 5.41) is 5.92. The molecule has 2 fully saturated rings. The molecule has 144 valence electrons. The number of piperidine rings is 1. The van der Waals surface area contributed by atoms with E-state index < -0.39 is 17.5 Å². The first-order valence-corrected chi connectivity index (χ1v) is 9.16. The molecule has 2 heterocycles. The largest absolute Gasteiger partial charge is 0.404 e. The number of likely N-dealkylation sites (tertiary alicyclic amines) is 1. The lowest BCUT2D eigenvalue weighted by molar-refractivity contribution is -0.218. The Morgan fingerprint density at radius 1 is 1.35 bits per heavy atom. The van der Waals surface area contributed by atoms with Gasteiger partial charge in [0.05, 0.1) is 0 Å². The predicted octanol–water partition coefficient (Wildman–Crippen LogP) is 2.56. The predicted molar refractivity (Wildman–Crippen MR) is 93.4 cm³/mol. The summed E-state index contributed by atoms with van der Waals surface area (Å²) >= 11 is 0. The second-order valence-electron chi connectivity index (χ2n) is 7.58. The van der Waals surface area contributed by atoms with Crippen LogP contribution in [0.1, 0.15) is 25.3 Å². The minimum atomic E-state index is -4.56. The Morgan fingerprint density at radius 3 is 2.73 bits per heavy atom. The van der Waals surface area contributed by atoms with Gasteiger partial charge in [0.25, 0.3) is 0 Å². The average Bonchev–Trinajstić information content (AvgIpc) is 3.03. The Morgan fingerprint density at radius 2 is 2.08 bits per heavy atom. The Bertz CT molecular complexity index is 622. The van der Waals surface area contributed by atoms with Crippen molar-refractivity contribution in [1.82, 2.24) is 15.5 Å². The molecule has 3 unspecified atom stereocenters. The molecule has 2 aliphatic rings. The fourth-order valence-corrected chi connectivity index (χ4v) is 3.95. The highest BCUT2D eigenvalue weighted by Crippen LogP contribution is 2.46. The highest BCUT2D eigenvalue weighted by Gasteiger charge is 2.63. The molecule has 2 aliphatic heterocycles. The zero-order valence-electron chi connectivity index (χ0n) is 15.0. The molecule has 2 saturated heterocycles. The fraction of sp³-hybridized carbons (Fsp3) is 0.632. The number of alkyl halides is 3. The standard InChI is InChI=1S/C19H26F3N3O/c1-14-11-23-9-7-16(14)24-17(26)18(19(20,21)22)8-10-25(13-18)12-15-5-3-2-4-6-15/h2-6,14,16,23H,7-13H2,1H3,(H,24,26). The van der Waals surface area contributed by atoms with E-state index in [1.807, 2.05) is 37.3 Å². The molecule has 3 atom stereocenters. The summed E-state index contributed by atoms with van der Waals surface area (Å²) in [5.74, 6) is -0.737. The van der Waals surface area contributed by atoms with Gasteiger partial charge < -0.3 is 10.6 Å². The zero-order chi connectivity index (χ0) is 18.8. The van der Waals surface area contributed by atoms with E-state index in [-0.39, 0.29) is 31.5 Å². The van der Waals surface area contributed by atoms with E-state index in [9.17, 15) is 18.0 Å². The summed E-state index contributed by atoms with van der Waals surface area (Å²) in [7, 11) is 0. The normalized spacial score (nSPS) is 30.3. The lowest BCUT2D eigenvalue weighted by Crippen LogP contribution is -2.57. The number of hydrogen-bond donors (Lipinski definition) is 2. The number of halogens is 3. The molecule has 7 heteroatoms. The summed E-state index contributed by atoms with van der Waals surface area (Å²) < 4.78 is 41.8. The zero-order valence-corrected chi connectivity index (χ0v) is 15.0. The van der Waals surface area contributed by atoms with Crippen LogP contribution in [0, 0.1) is 11.3 Å². The van der Waals surface area contributed by atoms with E-state index in [0.717, 1.165) is 5.56 Å². The van der Waals surface area contributed by atoms with Crippen molar-refractivity contribution >= 4 is 5.91 Å². The van der Waals surface area contributed by atoms with Gasteiger partial charge >= 0.3 is 6.18 Å². The van der Waals surface area contributed by atoms with Gasteiger partial charge in [0.2, 0.25) is 5.91 Å². The molecule has 0 saturated carbocycles. The second kappa shape index (κ2) is 7.56. The Balaban J connectivity index is 1.72. The van der Waals surface area contributed by atoms with Gasteiger partial charge in [0, 0.05) is 19.1 Å². The molecule has 1 aromatic carbocycles. The van der Waals surface area contributed by atoms with Crippen molar-refractivity contribution in [2.75, 3.05) is 26.2 Å². The Labute approximate surface area is 152 Å². The van der Waals surface area contributed by atoms with Crippen LogP contribution < -0.4 is 10.6 Å². The van der Waals surface area contributed by atoms with Crippen LogP contribution in [-0.2, 0) is 11.3 Å². The van der Waals surface area contributed by atoms with Gasteiger partial charge in [-0.1, -0.05) is 37.3 Å². The Hall–Kier alpha value is -1.60. The number of nitrogens with zero attached hydrogens (tertiary/aromatic N) is 1. The van der Waals surface area contributed by atoms with Gasteiger partial charge in [0.15, 0.2) is 5.41 Å². The van der Waals surface area contributed by atoms with Gasteiger partial charge in [-0.3, -0.25) is 9.69 Å². The number of rotatable bonds is 4. The molecular weight excluding hydrogens is 343 g/mol. The van der Waals surface area contributed by atoms with E-state index in [1.165, 1.54) is 0 Å². The van der Waals surface area contributed by atoms with Crippen molar-refractivity contribution in [3.05, 3.63) is 35.9 Å². The summed E-state index contributed by atoms with van der Waals surface area (Å²) in [6, 6.07) is 9.20. The van der Waals surface area contributed by atoms with Crippen LogP contribution in [0.3, 0.4) is 0 Å². The number of carbonyl (C=O) groups is 1. The first kappa shape index (κ1) is 19.2. The molecule has 3 rings (SSSR count). The minimum Gasteiger partial charge on any atom is -0.352 e. The van der Waals surface area contributed by atoms with E-state index in [2.05, 4.69) is 10.6 Å². The highest BCUT2D eigenvalue weighted by atomic mass is 19.4. The van der Waals surface area contributed by atoms with Crippen molar-refractivity contribution in [3.63, 3.8) is 0 Å². The maximum absolute atomic E-state index is 13.9. The van der Waals surface area contributed by atoms with Crippen LogP contribution >= 0.6 is 0 Å². The van der Waals surface area contributed by atoms with E-state index in [1.54, 1.807) is 4.90 Å². The monoisotopic (exact) mass is 369 g/mol. The van der Waals surface area contributed by atoms with E-state index >= 15 is 0 Å². The summed E-state index contributed by atoms with van der Waals surface area (Å²) in [6.07, 6.45) is -4.08. The molecule has 0 bridgehead atoms. The summed E-state index contributed by atoms with van der Waals surface area (Å²) in [6.45, 7) is 3.79. The first-order valence-electron chi connectivity index (χ1n) is 9.16. The van der Waals surface area contributed by atoms with Crippen molar-refractivity contribution in [3.8, 4) is 0 Å². The van der Waals surface area contributed by atoms with Crippen LogP contribution in [-0.4, -0.2) is 49.2 Å². The summed E-state index contributed by atoms with van der Waals surface area (Å²) in [5.41, 5.74) is -1.36. The fourth-order valence-electron chi connectivity index (χ4n) is 3.95. The van der Waals surface area contributed by atoms with Crippen LogP contribution in [0.2, 0.25) is 0 Å². The van der Waals surface area contributed by atoms with Crippen molar-refractivity contribution in [2.45, 2.75) is 38.5 Å². The SMILES string of the molecule is CC1CNCCC1NC(=O)C1(C(F)(F)F)CCN(Cc2ccccc2)C1. The maximum Gasteiger partial charge on any atom is 0.404 e. The molecule has 0 spiro atoms. The van der Waals surface area contributed by atoms with Crippen molar-refractivity contribution < 1.29 is 18.0 Å². The van der Waals surface area contributed by atoms with Gasteiger partial charge in [-0.25, -0.2) is 0 Å². The number of nitrogens with one attached hydrogen (secondary N) is 2. The van der Waals surface area contributed by atoms with Crippen LogP contribution in [0.5, 0.6) is 0 Å². The highest BCUT2D eigenvalue weighted by molar-refractivity contribution is 5.84. The van der Waals surface area contributed by atoms with Crippen molar-refractivity contribution in [1.29, 1.82) is 0 Å².